The van der Waals surface area contributed by atoms with Crippen molar-refractivity contribution < 1.29 is 14.3 Å². The highest BCUT2D eigenvalue weighted by molar-refractivity contribution is 6.30. The van der Waals surface area contributed by atoms with Crippen molar-refractivity contribution in [1.82, 2.24) is 24.5 Å². The van der Waals surface area contributed by atoms with Crippen LogP contribution in [0.5, 0.6) is 5.75 Å². The minimum atomic E-state index is -0.177. The lowest BCUT2D eigenvalue weighted by molar-refractivity contribution is -0.119. The summed E-state index contributed by atoms with van der Waals surface area (Å²) in [6, 6.07) is 11.1. The van der Waals surface area contributed by atoms with E-state index in [9.17, 15) is 4.79 Å². The van der Waals surface area contributed by atoms with Gasteiger partial charge in [-0.05, 0) is 30.3 Å². The first-order valence-electron chi connectivity index (χ1n) is 10.5. The molecule has 0 unspecified atom stereocenters. The number of hydrogen-bond donors (Lipinski definition) is 1. The third-order valence-corrected chi connectivity index (χ3v) is 5.52. The Bertz CT molecular complexity index is 1050. The Morgan fingerprint density at radius 2 is 2.06 bits per heavy atom. The highest BCUT2D eigenvalue weighted by Gasteiger charge is 2.26. The Labute approximate surface area is 191 Å². The molecule has 3 aromatic rings. The van der Waals surface area contributed by atoms with Crippen molar-refractivity contribution in [3.63, 3.8) is 0 Å². The number of hydrogen-bond acceptors (Lipinski definition) is 6. The van der Waals surface area contributed by atoms with E-state index in [-0.39, 0.29) is 18.6 Å². The molecule has 1 aliphatic rings. The van der Waals surface area contributed by atoms with E-state index in [0.717, 1.165) is 23.6 Å². The van der Waals surface area contributed by atoms with E-state index >= 15 is 0 Å². The number of aromatic nitrogens is 4. The van der Waals surface area contributed by atoms with Gasteiger partial charge < -0.3 is 14.8 Å². The van der Waals surface area contributed by atoms with Crippen LogP contribution < -0.4 is 10.1 Å². The van der Waals surface area contributed by atoms with Gasteiger partial charge in [0.05, 0.1) is 25.5 Å². The quantitative estimate of drug-likeness (QED) is 0.558. The first-order valence-corrected chi connectivity index (χ1v) is 10.9. The van der Waals surface area contributed by atoms with Crippen molar-refractivity contribution in [2.45, 2.75) is 12.5 Å². The van der Waals surface area contributed by atoms with E-state index in [1.54, 1.807) is 16.9 Å². The molecule has 1 fully saturated rings. The number of morpholine rings is 1. The van der Waals surface area contributed by atoms with Gasteiger partial charge in [-0.15, -0.1) is 0 Å². The van der Waals surface area contributed by atoms with Crippen molar-refractivity contribution >= 4 is 23.3 Å². The Morgan fingerprint density at radius 3 is 2.81 bits per heavy atom. The van der Waals surface area contributed by atoms with Gasteiger partial charge in [-0.2, -0.15) is 10.2 Å². The summed E-state index contributed by atoms with van der Waals surface area (Å²) in [5.74, 6) is 1.25. The zero-order valence-corrected chi connectivity index (χ0v) is 19.0. The van der Waals surface area contributed by atoms with E-state index < -0.39 is 0 Å². The number of nitrogens with one attached hydrogen (secondary N) is 1. The van der Waals surface area contributed by atoms with Crippen LogP contribution in [-0.2, 0) is 30.0 Å². The van der Waals surface area contributed by atoms with Crippen LogP contribution in [0.4, 0.5) is 5.82 Å². The number of nitrogens with zero attached hydrogens (tertiary/aromatic N) is 5. The molecule has 1 atom stereocenters. The smallest absolute Gasteiger partial charge is 0.239 e. The molecule has 0 radical (unpaired) electrons. The molecule has 0 aliphatic carbocycles. The van der Waals surface area contributed by atoms with Gasteiger partial charge in [-0.1, -0.05) is 11.6 Å². The maximum atomic E-state index is 12.4. The predicted molar refractivity (Wildman–Crippen MR) is 121 cm³/mol. The molecule has 170 valence electrons. The summed E-state index contributed by atoms with van der Waals surface area (Å²) < 4.78 is 15.2. The zero-order chi connectivity index (χ0) is 22.5. The summed E-state index contributed by atoms with van der Waals surface area (Å²) >= 11 is 5.91. The van der Waals surface area contributed by atoms with Crippen LogP contribution in [0.1, 0.15) is 17.5 Å². The molecule has 10 heteroatoms. The molecule has 3 heterocycles. The van der Waals surface area contributed by atoms with Gasteiger partial charge in [0.15, 0.2) is 5.82 Å². The lowest BCUT2D eigenvalue weighted by atomic mass is 10.2. The van der Waals surface area contributed by atoms with Gasteiger partial charge >= 0.3 is 0 Å². The van der Waals surface area contributed by atoms with E-state index in [1.165, 1.54) is 0 Å². The molecule has 4 rings (SSSR count). The molecule has 2 aromatic heterocycles. The first kappa shape index (κ1) is 22.3. The molecule has 0 bridgehead atoms. The van der Waals surface area contributed by atoms with Gasteiger partial charge in [-0.3, -0.25) is 19.1 Å². The minimum Gasteiger partial charge on any atom is -0.493 e. The monoisotopic (exact) mass is 458 g/mol. The van der Waals surface area contributed by atoms with Crippen molar-refractivity contribution in [2.75, 3.05) is 38.2 Å². The van der Waals surface area contributed by atoms with E-state index in [2.05, 4.69) is 20.4 Å². The Kier molecular flexibility index (Phi) is 7.09. The number of carbonyl (C=O) groups excluding carboxylic acids is 1. The molecule has 1 saturated heterocycles. The third-order valence-electron chi connectivity index (χ3n) is 5.26. The van der Waals surface area contributed by atoms with Crippen molar-refractivity contribution in [3.05, 3.63) is 59.0 Å². The number of carbonyl (C=O) groups is 1. The highest BCUT2D eigenvalue weighted by atomic mass is 35.5. The van der Waals surface area contributed by atoms with Gasteiger partial charge in [0.1, 0.15) is 11.9 Å². The number of anilines is 1. The molecule has 32 heavy (non-hydrogen) atoms. The van der Waals surface area contributed by atoms with Crippen LogP contribution in [0.2, 0.25) is 5.02 Å². The molecule has 1 aromatic carbocycles. The lowest BCUT2D eigenvalue weighted by Gasteiger charge is -2.31. The van der Waals surface area contributed by atoms with Crippen molar-refractivity contribution in [1.29, 1.82) is 0 Å². The van der Waals surface area contributed by atoms with E-state index in [4.69, 9.17) is 21.1 Å². The third kappa shape index (κ3) is 5.87. The Hall–Kier alpha value is -2.88. The molecule has 0 spiro atoms. The molecule has 1 aliphatic heterocycles. The summed E-state index contributed by atoms with van der Waals surface area (Å²) in [5.41, 5.74) is 1.92. The molecule has 9 nitrogen and oxygen atoms in total. The fraction of sp³-hybridized carbons (Fsp3) is 0.409. The number of ether oxygens (including phenoxy) is 2. The number of halogens is 1. The van der Waals surface area contributed by atoms with Crippen LogP contribution in [0.25, 0.3) is 0 Å². The van der Waals surface area contributed by atoms with E-state index in [1.807, 2.05) is 49.1 Å². The first-order chi connectivity index (χ1) is 15.5. The van der Waals surface area contributed by atoms with Gasteiger partial charge in [0.2, 0.25) is 5.91 Å². The fourth-order valence-corrected chi connectivity index (χ4v) is 3.74. The SMILES string of the molecule is Cn1ccc(NC(=O)CN2CCO[C@@H](c3cc(CCOc4ccc(Cl)cc4)n(C)n3)C2)n1. The standard InChI is InChI=1S/C22H27ClN6O3/c1-27-9-7-21(26-27)24-22(30)15-29-10-12-32-20(14-29)19-13-17(28(2)25-19)8-11-31-18-5-3-16(23)4-6-18/h3-7,9,13,20H,8,10-12,14-15H2,1-2H3,(H,24,26,30)/t20-/m1/s1. The Balaban J connectivity index is 1.29. The topological polar surface area (TPSA) is 86.4 Å². The summed E-state index contributed by atoms with van der Waals surface area (Å²) in [4.78, 5) is 14.4. The largest absolute Gasteiger partial charge is 0.493 e. The minimum absolute atomic E-state index is 0.0922. The second-order valence-corrected chi connectivity index (χ2v) is 8.19. The normalized spacial score (nSPS) is 16.8. The number of amides is 1. The van der Waals surface area contributed by atoms with Crippen LogP contribution in [0, 0.1) is 0 Å². The average molecular weight is 459 g/mol. The summed E-state index contributed by atoms with van der Waals surface area (Å²) in [7, 11) is 3.73. The van der Waals surface area contributed by atoms with Crippen LogP contribution in [0.3, 0.4) is 0 Å². The molecule has 0 saturated carbocycles. The highest BCUT2D eigenvalue weighted by Crippen LogP contribution is 2.22. The molecule has 1 N–H and O–H groups in total. The van der Waals surface area contributed by atoms with Gasteiger partial charge in [0, 0.05) is 56.6 Å². The molecule has 1 amide bonds. The van der Waals surface area contributed by atoms with Crippen LogP contribution in [0.15, 0.2) is 42.6 Å². The van der Waals surface area contributed by atoms with E-state index in [0.29, 0.717) is 37.1 Å². The van der Waals surface area contributed by atoms with Crippen LogP contribution >= 0.6 is 11.6 Å². The Morgan fingerprint density at radius 1 is 1.25 bits per heavy atom. The summed E-state index contributed by atoms with van der Waals surface area (Å²) in [6.45, 7) is 2.66. The van der Waals surface area contributed by atoms with Crippen LogP contribution in [-0.4, -0.2) is 63.2 Å². The second-order valence-electron chi connectivity index (χ2n) is 7.75. The van der Waals surface area contributed by atoms with Gasteiger partial charge in [-0.25, -0.2) is 0 Å². The van der Waals surface area contributed by atoms with Crippen molar-refractivity contribution in [2.24, 2.45) is 14.1 Å². The molecular weight excluding hydrogens is 432 g/mol. The summed E-state index contributed by atoms with van der Waals surface area (Å²) in [6.07, 6.45) is 2.33. The fourth-order valence-electron chi connectivity index (χ4n) is 3.62. The maximum absolute atomic E-state index is 12.4. The maximum Gasteiger partial charge on any atom is 0.239 e. The average Bonchev–Trinajstić information content (AvgIpc) is 3.34. The predicted octanol–water partition coefficient (Wildman–Crippen LogP) is 2.44. The second kappa shape index (κ2) is 10.2. The number of rotatable bonds is 8. The van der Waals surface area contributed by atoms with Gasteiger partial charge in [0.25, 0.3) is 0 Å². The lowest BCUT2D eigenvalue weighted by Crippen LogP contribution is -2.42. The number of aryl methyl sites for hydroxylation is 2. The molecular formula is C22H27ClN6O3. The number of benzene rings is 1. The summed E-state index contributed by atoms with van der Waals surface area (Å²) in [5, 5.41) is 12.3. The zero-order valence-electron chi connectivity index (χ0n) is 18.2. The van der Waals surface area contributed by atoms with Crippen molar-refractivity contribution in [3.8, 4) is 5.75 Å².